The second-order valence-corrected chi connectivity index (χ2v) is 8.67. The third-order valence-corrected chi connectivity index (χ3v) is 6.55. The third kappa shape index (κ3) is 3.37. The van der Waals surface area contributed by atoms with Crippen molar-refractivity contribution in [3.05, 3.63) is 70.3 Å². The van der Waals surface area contributed by atoms with Crippen LogP contribution in [0.25, 0.3) is 0 Å². The normalized spacial score (nSPS) is 28.6. The minimum atomic E-state index is -0.729. The number of aromatic nitrogens is 1. The van der Waals surface area contributed by atoms with Crippen LogP contribution in [-0.2, 0) is 10.3 Å². The van der Waals surface area contributed by atoms with Gasteiger partial charge in [0.05, 0.1) is 6.04 Å². The second-order valence-electron chi connectivity index (χ2n) is 8.67. The Morgan fingerprint density at radius 2 is 2.10 bits per heavy atom. The van der Waals surface area contributed by atoms with Crippen LogP contribution in [0.15, 0.2) is 53.6 Å². The molecule has 1 aliphatic carbocycles. The van der Waals surface area contributed by atoms with Crippen molar-refractivity contribution in [1.82, 2.24) is 9.47 Å². The quantitative estimate of drug-likeness (QED) is 0.511. The molecule has 0 N–H and O–H groups in total. The molecule has 3 unspecified atom stereocenters. The molecule has 0 amide bonds. The first kappa shape index (κ1) is 19.7. The van der Waals surface area contributed by atoms with Gasteiger partial charge in [0.2, 0.25) is 0 Å². The van der Waals surface area contributed by atoms with Gasteiger partial charge in [0.1, 0.15) is 11.2 Å². The Morgan fingerprint density at radius 3 is 2.76 bits per heavy atom. The lowest BCUT2D eigenvalue weighted by Crippen LogP contribution is -2.26. The molecule has 1 aromatic heterocycles. The molecule has 5 heteroatoms. The number of esters is 1. The fraction of sp³-hybridized carbons (Fsp3) is 0.500. The lowest BCUT2D eigenvalue weighted by atomic mass is 9.86. The molecule has 4 rings (SSSR count). The van der Waals surface area contributed by atoms with Crippen molar-refractivity contribution < 1.29 is 9.53 Å². The minimum absolute atomic E-state index is 0.194. The van der Waals surface area contributed by atoms with E-state index in [1.165, 1.54) is 5.57 Å². The molecule has 1 aromatic rings. The fourth-order valence-electron chi connectivity index (χ4n) is 4.85. The van der Waals surface area contributed by atoms with Gasteiger partial charge in [0.25, 0.3) is 5.56 Å². The second kappa shape index (κ2) is 7.36. The number of carbonyl (C=O) groups is 1. The molecular formula is C24H30N2O3. The van der Waals surface area contributed by atoms with E-state index in [-0.39, 0.29) is 23.2 Å². The molecule has 0 saturated heterocycles. The predicted octanol–water partition coefficient (Wildman–Crippen LogP) is 4.32. The van der Waals surface area contributed by atoms with E-state index in [0.717, 1.165) is 31.2 Å². The third-order valence-electron chi connectivity index (χ3n) is 6.55. The van der Waals surface area contributed by atoms with Gasteiger partial charge in [-0.3, -0.25) is 4.79 Å². The summed E-state index contributed by atoms with van der Waals surface area (Å²) in [4.78, 5) is 27.5. The number of likely N-dealkylation sites (N-methyl/N-ethyl adjacent to an activating group) is 1. The zero-order valence-electron chi connectivity index (χ0n) is 17.6. The molecule has 5 nitrogen and oxygen atoms in total. The summed E-state index contributed by atoms with van der Waals surface area (Å²) in [5.41, 5.74) is 1.43. The standard InChI is InChI=1S/C24H30N2O3/c1-5-8-18-16(15-25(4)20(18)6-2)9-7-13-24(3)19-12-14-26(17-10-11-17)22(27)21(19)23(28)29-24/h5-6,8,12,14-15,17-18,20H,2,7,9-11,13H2,1,3-4H3/b8-5-. The largest absolute Gasteiger partial charge is 0.451 e. The Morgan fingerprint density at radius 1 is 1.34 bits per heavy atom. The van der Waals surface area contributed by atoms with Crippen molar-refractivity contribution in [3.63, 3.8) is 0 Å². The van der Waals surface area contributed by atoms with E-state index in [0.29, 0.717) is 12.3 Å². The number of pyridine rings is 1. The van der Waals surface area contributed by atoms with Gasteiger partial charge in [0.15, 0.2) is 0 Å². The first-order valence-corrected chi connectivity index (χ1v) is 10.6. The molecule has 0 aromatic carbocycles. The van der Waals surface area contributed by atoms with Gasteiger partial charge in [-0.1, -0.05) is 18.2 Å². The summed E-state index contributed by atoms with van der Waals surface area (Å²) in [6.45, 7) is 7.96. The van der Waals surface area contributed by atoms with E-state index < -0.39 is 11.6 Å². The highest BCUT2D eigenvalue weighted by Crippen LogP contribution is 2.41. The van der Waals surface area contributed by atoms with Crippen molar-refractivity contribution in [3.8, 4) is 0 Å². The number of cyclic esters (lactones) is 1. The summed E-state index contributed by atoms with van der Waals surface area (Å²) < 4.78 is 7.44. The lowest BCUT2D eigenvalue weighted by Gasteiger charge is -2.25. The summed E-state index contributed by atoms with van der Waals surface area (Å²) in [5.74, 6) is -0.139. The number of nitrogens with zero attached hydrogens (tertiary/aromatic N) is 2. The Labute approximate surface area is 172 Å². The van der Waals surface area contributed by atoms with Gasteiger partial charge in [-0.15, -0.1) is 6.58 Å². The van der Waals surface area contributed by atoms with Crippen LogP contribution in [0.3, 0.4) is 0 Å². The van der Waals surface area contributed by atoms with Crippen molar-refractivity contribution >= 4 is 5.97 Å². The van der Waals surface area contributed by atoms with E-state index in [4.69, 9.17) is 4.74 Å². The molecule has 0 spiro atoms. The first-order valence-electron chi connectivity index (χ1n) is 10.6. The summed E-state index contributed by atoms with van der Waals surface area (Å²) in [7, 11) is 2.08. The highest BCUT2D eigenvalue weighted by molar-refractivity contribution is 5.94. The topological polar surface area (TPSA) is 51.5 Å². The molecular weight excluding hydrogens is 364 g/mol. The highest BCUT2D eigenvalue weighted by Gasteiger charge is 2.44. The summed E-state index contributed by atoms with van der Waals surface area (Å²) in [6.07, 6.45) is 14.9. The molecule has 154 valence electrons. The number of fused-ring (bicyclic) bond motifs is 1. The van der Waals surface area contributed by atoms with E-state index in [9.17, 15) is 9.59 Å². The fourth-order valence-corrected chi connectivity index (χ4v) is 4.85. The van der Waals surface area contributed by atoms with E-state index in [2.05, 4.69) is 36.9 Å². The molecule has 3 atom stereocenters. The van der Waals surface area contributed by atoms with Crippen molar-refractivity contribution in [2.75, 3.05) is 7.05 Å². The number of carbonyl (C=O) groups excluding carboxylic acids is 1. The van der Waals surface area contributed by atoms with Crippen LogP contribution in [0.2, 0.25) is 0 Å². The summed E-state index contributed by atoms with van der Waals surface area (Å²) in [6, 6.07) is 2.45. The van der Waals surface area contributed by atoms with Gasteiger partial charge in [-0.05, 0) is 63.8 Å². The van der Waals surface area contributed by atoms with Crippen molar-refractivity contribution in [2.45, 2.75) is 63.6 Å². The number of rotatable bonds is 7. The van der Waals surface area contributed by atoms with E-state index in [1.807, 2.05) is 32.2 Å². The minimum Gasteiger partial charge on any atom is -0.451 e. The summed E-state index contributed by atoms with van der Waals surface area (Å²) >= 11 is 0. The molecule has 0 radical (unpaired) electrons. The molecule has 0 bridgehead atoms. The van der Waals surface area contributed by atoms with Crippen molar-refractivity contribution in [1.29, 1.82) is 0 Å². The average Bonchev–Trinajstić information content (AvgIpc) is 3.42. The van der Waals surface area contributed by atoms with Crippen LogP contribution in [0.1, 0.15) is 67.9 Å². The molecule has 3 aliphatic rings. The average molecular weight is 395 g/mol. The SMILES string of the molecule is C=CC1C(/C=C\C)C(CCCC2(C)OC(=O)c3c2ccn(C2CC2)c3=O)=CN1C. The number of ether oxygens (including phenoxy) is 1. The Kier molecular flexibility index (Phi) is 5.01. The first-order chi connectivity index (χ1) is 13.9. The number of hydrogen-bond acceptors (Lipinski definition) is 4. The van der Waals surface area contributed by atoms with E-state index >= 15 is 0 Å². The van der Waals surface area contributed by atoms with Crippen LogP contribution in [0.5, 0.6) is 0 Å². The van der Waals surface area contributed by atoms with Gasteiger partial charge >= 0.3 is 5.97 Å². The predicted molar refractivity (Wildman–Crippen MR) is 114 cm³/mol. The molecule has 3 heterocycles. The monoisotopic (exact) mass is 394 g/mol. The van der Waals surface area contributed by atoms with Gasteiger partial charge < -0.3 is 14.2 Å². The lowest BCUT2D eigenvalue weighted by molar-refractivity contribution is -0.00392. The smallest absolute Gasteiger partial charge is 0.345 e. The van der Waals surface area contributed by atoms with Crippen LogP contribution >= 0.6 is 0 Å². The molecule has 1 saturated carbocycles. The Bertz CT molecular complexity index is 953. The summed E-state index contributed by atoms with van der Waals surface area (Å²) in [5, 5.41) is 0. The van der Waals surface area contributed by atoms with Crippen LogP contribution < -0.4 is 5.56 Å². The van der Waals surface area contributed by atoms with Crippen LogP contribution in [0.4, 0.5) is 0 Å². The molecule has 29 heavy (non-hydrogen) atoms. The number of hydrogen-bond donors (Lipinski definition) is 0. The Hall–Kier alpha value is -2.56. The zero-order chi connectivity index (χ0) is 20.8. The highest BCUT2D eigenvalue weighted by atomic mass is 16.6. The zero-order valence-corrected chi connectivity index (χ0v) is 17.6. The molecule has 1 fully saturated rings. The van der Waals surface area contributed by atoms with E-state index in [1.54, 1.807) is 4.57 Å². The Balaban J connectivity index is 1.49. The maximum Gasteiger partial charge on any atom is 0.345 e. The maximum absolute atomic E-state index is 12.8. The molecule has 2 aliphatic heterocycles. The van der Waals surface area contributed by atoms with Gasteiger partial charge in [0, 0.05) is 30.8 Å². The number of allylic oxidation sites excluding steroid dienone is 1. The van der Waals surface area contributed by atoms with Gasteiger partial charge in [-0.25, -0.2) is 4.79 Å². The van der Waals surface area contributed by atoms with Crippen LogP contribution in [0, 0.1) is 5.92 Å². The van der Waals surface area contributed by atoms with Gasteiger partial charge in [-0.2, -0.15) is 0 Å². The van der Waals surface area contributed by atoms with Crippen LogP contribution in [-0.4, -0.2) is 28.5 Å². The maximum atomic E-state index is 12.8. The van der Waals surface area contributed by atoms with Crippen molar-refractivity contribution in [2.24, 2.45) is 5.92 Å².